The van der Waals surface area contributed by atoms with Crippen molar-refractivity contribution in [2.75, 3.05) is 13.1 Å². The first kappa shape index (κ1) is 23.5. The maximum Gasteiger partial charge on any atom is 0.318 e. The zero-order chi connectivity index (χ0) is 22.8. The van der Waals surface area contributed by atoms with Crippen LogP contribution in [0.2, 0.25) is 0 Å². The molecule has 3 amide bonds. The molecule has 32 heavy (non-hydrogen) atoms. The van der Waals surface area contributed by atoms with E-state index in [0.717, 1.165) is 16.0 Å². The smallest absolute Gasteiger partial charge is 0.318 e. The molecule has 0 atom stereocenters. The summed E-state index contributed by atoms with van der Waals surface area (Å²) < 4.78 is 0. The number of nitrogens with zero attached hydrogens (tertiary/aromatic N) is 2. The molecule has 0 bridgehead atoms. The molecule has 0 saturated carbocycles. The fourth-order valence-electron chi connectivity index (χ4n) is 3.44. The molecule has 168 valence electrons. The molecule has 5 nitrogen and oxygen atoms in total. The third kappa shape index (κ3) is 7.54. The van der Waals surface area contributed by atoms with Crippen molar-refractivity contribution in [3.63, 3.8) is 0 Å². The van der Waals surface area contributed by atoms with Crippen molar-refractivity contribution in [3.05, 3.63) is 94.2 Å². The minimum atomic E-state index is -0.216. The van der Waals surface area contributed by atoms with Crippen LogP contribution < -0.4 is 5.32 Å². The van der Waals surface area contributed by atoms with Gasteiger partial charge in [0, 0.05) is 24.5 Å². The number of urea groups is 1. The van der Waals surface area contributed by atoms with Gasteiger partial charge in [0.2, 0.25) is 5.91 Å². The van der Waals surface area contributed by atoms with Crippen LogP contribution in [0.4, 0.5) is 4.79 Å². The number of carbonyl (C=O) groups excluding carboxylic acids is 2. The second kappa shape index (κ2) is 12.1. The van der Waals surface area contributed by atoms with E-state index in [9.17, 15) is 9.59 Å². The first-order valence-electron chi connectivity index (χ1n) is 10.9. The number of thiophene rings is 1. The second-order valence-corrected chi connectivity index (χ2v) is 9.27. The van der Waals surface area contributed by atoms with Crippen molar-refractivity contribution in [2.24, 2.45) is 5.92 Å². The average molecular weight is 450 g/mol. The van der Waals surface area contributed by atoms with Crippen molar-refractivity contribution in [3.8, 4) is 0 Å². The Morgan fingerprint density at radius 3 is 2.09 bits per heavy atom. The van der Waals surface area contributed by atoms with Crippen LogP contribution >= 0.6 is 11.3 Å². The third-order valence-corrected chi connectivity index (χ3v) is 5.84. The number of hydrogen-bond acceptors (Lipinski definition) is 3. The molecule has 0 spiro atoms. The average Bonchev–Trinajstić information content (AvgIpc) is 3.31. The summed E-state index contributed by atoms with van der Waals surface area (Å²) in [5.41, 5.74) is 2.10. The van der Waals surface area contributed by atoms with Gasteiger partial charge in [-0.3, -0.25) is 4.79 Å². The molecule has 6 heteroatoms. The lowest BCUT2D eigenvalue weighted by atomic mass is 10.2. The second-order valence-electron chi connectivity index (χ2n) is 8.23. The summed E-state index contributed by atoms with van der Waals surface area (Å²) in [5, 5.41) is 4.98. The van der Waals surface area contributed by atoms with E-state index in [2.05, 4.69) is 19.2 Å². The minimum absolute atomic E-state index is 0.0526. The van der Waals surface area contributed by atoms with Crippen LogP contribution in [0.15, 0.2) is 78.2 Å². The van der Waals surface area contributed by atoms with Crippen LogP contribution in [-0.2, 0) is 24.4 Å². The largest absolute Gasteiger partial charge is 0.334 e. The normalized spacial score (nSPS) is 10.7. The fourth-order valence-corrected chi connectivity index (χ4v) is 4.15. The van der Waals surface area contributed by atoms with Gasteiger partial charge in [-0.15, -0.1) is 11.3 Å². The SMILES string of the molecule is CC(C)CN(CC(=O)N(Cc1ccccc1)Cc1cccs1)C(=O)NCc1ccccc1. The fraction of sp³-hybridized carbons (Fsp3) is 0.308. The number of rotatable bonds is 10. The van der Waals surface area contributed by atoms with Gasteiger partial charge in [0.05, 0.1) is 6.54 Å². The molecule has 3 rings (SSSR count). The highest BCUT2D eigenvalue weighted by atomic mass is 32.1. The summed E-state index contributed by atoms with van der Waals surface area (Å²) in [7, 11) is 0. The highest BCUT2D eigenvalue weighted by Gasteiger charge is 2.22. The van der Waals surface area contributed by atoms with Gasteiger partial charge >= 0.3 is 6.03 Å². The lowest BCUT2D eigenvalue weighted by Crippen LogP contribution is -2.47. The third-order valence-electron chi connectivity index (χ3n) is 4.98. The van der Waals surface area contributed by atoms with Crippen molar-refractivity contribution >= 4 is 23.3 Å². The minimum Gasteiger partial charge on any atom is -0.334 e. The summed E-state index contributed by atoms with van der Waals surface area (Å²) in [6.45, 7) is 6.16. The molecular formula is C26H31N3O2S. The zero-order valence-electron chi connectivity index (χ0n) is 18.7. The van der Waals surface area contributed by atoms with E-state index in [1.807, 2.05) is 83.1 Å². The topological polar surface area (TPSA) is 52.7 Å². The monoisotopic (exact) mass is 449 g/mol. The molecule has 0 aliphatic rings. The van der Waals surface area contributed by atoms with E-state index >= 15 is 0 Å². The number of amides is 3. The number of hydrogen-bond donors (Lipinski definition) is 1. The summed E-state index contributed by atoms with van der Waals surface area (Å²) >= 11 is 1.63. The van der Waals surface area contributed by atoms with Gasteiger partial charge in [0.1, 0.15) is 6.54 Å². The van der Waals surface area contributed by atoms with Crippen molar-refractivity contribution < 1.29 is 9.59 Å². The van der Waals surface area contributed by atoms with Gasteiger partial charge in [-0.05, 0) is 28.5 Å². The predicted octanol–water partition coefficient (Wildman–Crippen LogP) is 5.14. The Morgan fingerprint density at radius 2 is 1.50 bits per heavy atom. The quantitative estimate of drug-likeness (QED) is 0.466. The van der Waals surface area contributed by atoms with Gasteiger partial charge in [0.25, 0.3) is 0 Å². The number of carbonyl (C=O) groups is 2. The first-order chi connectivity index (χ1) is 15.5. The Hall–Kier alpha value is -3.12. The molecule has 1 aromatic heterocycles. The molecule has 0 radical (unpaired) electrons. The molecule has 3 aromatic rings. The highest BCUT2D eigenvalue weighted by Crippen LogP contribution is 2.15. The van der Waals surface area contributed by atoms with Crippen molar-refractivity contribution in [1.82, 2.24) is 15.1 Å². The molecule has 1 N–H and O–H groups in total. The van der Waals surface area contributed by atoms with Gasteiger partial charge in [-0.2, -0.15) is 0 Å². The Morgan fingerprint density at radius 1 is 0.844 bits per heavy atom. The molecule has 0 aliphatic heterocycles. The summed E-state index contributed by atoms with van der Waals surface area (Å²) in [6.07, 6.45) is 0. The van der Waals surface area contributed by atoms with Gasteiger partial charge < -0.3 is 15.1 Å². The summed E-state index contributed by atoms with van der Waals surface area (Å²) in [4.78, 5) is 30.9. The molecule has 1 heterocycles. The Balaban J connectivity index is 1.69. The van der Waals surface area contributed by atoms with Crippen LogP contribution in [0.1, 0.15) is 29.9 Å². The molecule has 2 aromatic carbocycles. The van der Waals surface area contributed by atoms with Gasteiger partial charge in [0.15, 0.2) is 0 Å². The van der Waals surface area contributed by atoms with E-state index < -0.39 is 0 Å². The van der Waals surface area contributed by atoms with E-state index in [1.165, 1.54) is 0 Å². The van der Waals surface area contributed by atoms with Gasteiger partial charge in [-0.25, -0.2) is 4.79 Å². The summed E-state index contributed by atoms with van der Waals surface area (Å²) in [5.74, 6) is 0.197. The Kier molecular flexibility index (Phi) is 8.87. The number of nitrogens with one attached hydrogen (secondary N) is 1. The van der Waals surface area contributed by atoms with Crippen LogP contribution in [0, 0.1) is 5.92 Å². The van der Waals surface area contributed by atoms with Crippen molar-refractivity contribution in [1.29, 1.82) is 0 Å². The van der Waals surface area contributed by atoms with E-state index in [0.29, 0.717) is 26.2 Å². The van der Waals surface area contributed by atoms with Crippen LogP contribution in [0.5, 0.6) is 0 Å². The van der Waals surface area contributed by atoms with Crippen LogP contribution in [-0.4, -0.2) is 34.8 Å². The number of benzene rings is 2. The lowest BCUT2D eigenvalue weighted by molar-refractivity contribution is -0.133. The van der Waals surface area contributed by atoms with Crippen LogP contribution in [0.3, 0.4) is 0 Å². The van der Waals surface area contributed by atoms with E-state index in [-0.39, 0.29) is 24.4 Å². The Bertz CT molecular complexity index is 959. The highest BCUT2D eigenvalue weighted by molar-refractivity contribution is 7.09. The van der Waals surface area contributed by atoms with Gasteiger partial charge in [-0.1, -0.05) is 80.6 Å². The van der Waals surface area contributed by atoms with Crippen LogP contribution in [0.25, 0.3) is 0 Å². The zero-order valence-corrected chi connectivity index (χ0v) is 19.6. The first-order valence-corrected chi connectivity index (χ1v) is 11.8. The molecule has 0 aliphatic carbocycles. The molecule has 0 fully saturated rings. The molecule has 0 unspecified atom stereocenters. The standard InChI is InChI=1S/C26H31N3O2S/c1-21(2)17-29(26(31)27-16-22-10-5-3-6-11-22)20-25(30)28(19-24-14-9-15-32-24)18-23-12-7-4-8-13-23/h3-15,21H,16-20H2,1-2H3,(H,27,31). The van der Waals surface area contributed by atoms with Crippen molar-refractivity contribution in [2.45, 2.75) is 33.5 Å². The maximum atomic E-state index is 13.4. The molecular weight excluding hydrogens is 418 g/mol. The Labute approximate surface area is 194 Å². The predicted molar refractivity (Wildman–Crippen MR) is 130 cm³/mol. The maximum absolute atomic E-state index is 13.4. The molecule has 0 saturated heterocycles. The van der Waals surface area contributed by atoms with E-state index in [4.69, 9.17) is 0 Å². The lowest BCUT2D eigenvalue weighted by Gasteiger charge is -2.29. The van der Waals surface area contributed by atoms with E-state index in [1.54, 1.807) is 16.2 Å². The summed E-state index contributed by atoms with van der Waals surface area (Å²) in [6, 6.07) is 23.6.